The van der Waals surface area contributed by atoms with Crippen LogP contribution in [0.3, 0.4) is 0 Å². The molecule has 7 nitrogen and oxygen atoms in total. The van der Waals surface area contributed by atoms with Crippen molar-refractivity contribution in [3.8, 4) is 5.75 Å². The molecule has 0 unspecified atom stereocenters. The highest BCUT2D eigenvalue weighted by Crippen LogP contribution is 2.23. The summed E-state index contributed by atoms with van der Waals surface area (Å²) < 4.78 is 34.8. The quantitative estimate of drug-likeness (QED) is 0.406. The first-order chi connectivity index (χ1) is 15.4. The summed E-state index contributed by atoms with van der Waals surface area (Å²) in [5.74, 6) is -2.10. The molecule has 0 saturated carbocycles. The number of carbonyl (C=O) groups is 1. The summed E-state index contributed by atoms with van der Waals surface area (Å²) in [4.78, 5) is 12.4. The van der Waals surface area contributed by atoms with Crippen LogP contribution in [0.2, 0.25) is 10.0 Å². The van der Waals surface area contributed by atoms with Crippen molar-refractivity contribution in [3.63, 3.8) is 0 Å². The Morgan fingerprint density at radius 3 is 2.69 bits per heavy atom. The van der Waals surface area contributed by atoms with Gasteiger partial charge in [-0.05, 0) is 35.9 Å². The normalized spacial score (nSPS) is 10.9. The van der Waals surface area contributed by atoms with Crippen LogP contribution in [0.25, 0.3) is 0 Å². The van der Waals surface area contributed by atoms with Gasteiger partial charge in [-0.15, -0.1) is 0 Å². The van der Waals surface area contributed by atoms with E-state index in [9.17, 15) is 13.6 Å². The molecule has 164 valence electrons. The van der Waals surface area contributed by atoms with Crippen molar-refractivity contribution in [1.82, 2.24) is 19.6 Å². The van der Waals surface area contributed by atoms with Crippen LogP contribution in [-0.2, 0) is 13.3 Å². The van der Waals surface area contributed by atoms with Crippen molar-refractivity contribution < 1.29 is 18.3 Å². The predicted molar refractivity (Wildman–Crippen MR) is 115 cm³/mol. The van der Waals surface area contributed by atoms with Gasteiger partial charge in [-0.25, -0.2) is 13.5 Å². The number of ether oxygens (including phenoxy) is 1. The van der Waals surface area contributed by atoms with Crippen LogP contribution < -0.4 is 10.1 Å². The topological polar surface area (TPSA) is 74.0 Å². The van der Waals surface area contributed by atoms with E-state index in [2.05, 4.69) is 15.5 Å². The van der Waals surface area contributed by atoms with Gasteiger partial charge in [0.15, 0.2) is 24.0 Å². The second kappa shape index (κ2) is 9.37. The van der Waals surface area contributed by atoms with Crippen LogP contribution >= 0.6 is 23.2 Å². The third-order valence-electron chi connectivity index (χ3n) is 4.34. The molecule has 2 aromatic heterocycles. The van der Waals surface area contributed by atoms with Crippen molar-refractivity contribution in [2.75, 3.05) is 5.32 Å². The Bertz CT molecular complexity index is 1270. The third kappa shape index (κ3) is 5.24. The van der Waals surface area contributed by atoms with Crippen molar-refractivity contribution in [2.45, 2.75) is 13.3 Å². The first-order valence-corrected chi connectivity index (χ1v) is 10.0. The van der Waals surface area contributed by atoms with Gasteiger partial charge in [0.05, 0.1) is 28.5 Å². The molecule has 0 aliphatic rings. The Kier molecular flexibility index (Phi) is 6.38. The number of aromatic nitrogens is 4. The first-order valence-electron chi connectivity index (χ1n) is 9.26. The largest absolute Gasteiger partial charge is 0.468 e. The van der Waals surface area contributed by atoms with E-state index in [0.717, 1.165) is 17.7 Å². The Morgan fingerprint density at radius 2 is 1.91 bits per heavy atom. The number of amides is 1. The zero-order valence-corrected chi connectivity index (χ0v) is 17.8. The van der Waals surface area contributed by atoms with Crippen LogP contribution in [0.1, 0.15) is 16.1 Å². The second-order valence-electron chi connectivity index (χ2n) is 6.72. The molecular weight excluding hydrogens is 463 g/mol. The molecule has 32 heavy (non-hydrogen) atoms. The molecule has 2 heterocycles. The van der Waals surface area contributed by atoms with Crippen LogP contribution in [-0.4, -0.2) is 25.5 Å². The van der Waals surface area contributed by atoms with E-state index in [0.29, 0.717) is 22.3 Å². The molecule has 0 saturated heterocycles. The number of hydrogen-bond acceptors (Lipinski definition) is 4. The zero-order chi connectivity index (χ0) is 22.7. The Hall–Kier alpha value is -3.43. The van der Waals surface area contributed by atoms with Crippen LogP contribution in [0, 0.1) is 11.6 Å². The van der Waals surface area contributed by atoms with E-state index in [-0.39, 0.29) is 18.2 Å². The number of benzene rings is 2. The number of nitrogens with zero attached hydrogens (tertiary/aromatic N) is 4. The van der Waals surface area contributed by atoms with Crippen LogP contribution in [0.4, 0.5) is 14.5 Å². The predicted octanol–water partition coefficient (Wildman–Crippen LogP) is 5.00. The summed E-state index contributed by atoms with van der Waals surface area (Å²) in [5, 5.41) is 11.9. The molecule has 0 bridgehead atoms. The molecule has 0 radical (unpaired) electrons. The lowest BCUT2D eigenvalue weighted by atomic mass is 10.2. The molecule has 4 aromatic rings. The Morgan fingerprint density at radius 1 is 1.06 bits per heavy atom. The maximum absolute atomic E-state index is 13.6. The van der Waals surface area contributed by atoms with E-state index >= 15 is 0 Å². The summed E-state index contributed by atoms with van der Waals surface area (Å²) >= 11 is 11.9. The Balaban J connectivity index is 1.34. The van der Waals surface area contributed by atoms with E-state index in [1.807, 2.05) is 6.07 Å². The summed E-state index contributed by atoms with van der Waals surface area (Å²) in [6.07, 6.45) is 4.68. The molecule has 0 fully saturated rings. The SMILES string of the molecule is O=C(Nc1cnn(Cc2ccc(Cl)c(Cl)c2)c1)c1ccn(COc2ccc(F)cc2F)n1. The third-order valence-corrected chi connectivity index (χ3v) is 5.08. The van der Waals surface area contributed by atoms with Crippen molar-refractivity contribution >= 4 is 34.8 Å². The van der Waals surface area contributed by atoms with Gasteiger partial charge in [0.1, 0.15) is 5.82 Å². The van der Waals surface area contributed by atoms with Gasteiger partial charge < -0.3 is 10.1 Å². The van der Waals surface area contributed by atoms with Gasteiger partial charge in [0.2, 0.25) is 0 Å². The molecule has 0 aliphatic heterocycles. The molecule has 1 N–H and O–H groups in total. The highest BCUT2D eigenvalue weighted by Gasteiger charge is 2.12. The molecule has 2 aromatic carbocycles. The minimum atomic E-state index is -0.826. The van der Waals surface area contributed by atoms with Crippen molar-refractivity contribution in [2.24, 2.45) is 0 Å². The maximum atomic E-state index is 13.6. The van der Waals surface area contributed by atoms with Gasteiger partial charge >= 0.3 is 0 Å². The summed E-state index contributed by atoms with van der Waals surface area (Å²) in [5.41, 5.74) is 1.51. The number of rotatable bonds is 7. The smallest absolute Gasteiger partial charge is 0.276 e. The Labute approximate surface area is 191 Å². The van der Waals surface area contributed by atoms with Gasteiger partial charge in [-0.2, -0.15) is 10.2 Å². The van der Waals surface area contributed by atoms with Crippen molar-refractivity contribution in [1.29, 1.82) is 0 Å². The van der Waals surface area contributed by atoms with E-state index in [1.165, 1.54) is 29.2 Å². The highest BCUT2D eigenvalue weighted by atomic mass is 35.5. The van der Waals surface area contributed by atoms with Crippen LogP contribution in [0.5, 0.6) is 5.75 Å². The van der Waals surface area contributed by atoms with Gasteiger partial charge in [0, 0.05) is 18.5 Å². The molecule has 1 amide bonds. The first kappa shape index (κ1) is 21.8. The fourth-order valence-corrected chi connectivity index (χ4v) is 3.14. The zero-order valence-electron chi connectivity index (χ0n) is 16.3. The van der Waals surface area contributed by atoms with Gasteiger partial charge in [-0.3, -0.25) is 9.48 Å². The number of carbonyl (C=O) groups excluding carboxylic acids is 1. The summed E-state index contributed by atoms with van der Waals surface area (Å²) in [6.45, 7) is 0.288. The van der Waals surface area contributed by atoms with E-state index in [1.54, 1.807) is 23.0 Å². The lowest BCUT2D eigenvalue weighted by Crippen LogP contribution is -2.14. The van der Waals surface area contributed by atoms with E-state index in [4.69, 9.17) is 27.9 Å². The number of halogens is 4. The fourth-order valence-electron chi connectivity index (χ4n) is 2.82. The maximum Gasteiger partial charge on any atom is 0.276 e. The minimum Gasteiger partial charge on any atom is -0.468 e. The number of hydrogen-bond donors (Lipinski definition) is 1. The highest BCUT2D eigenvalue weighted by molar-refractivity contribution is 6.42. The lowest BCUT2D eigenvalue weighted by Gasteiger charge is -2.07. The molecule has 0 aliphatic carbocycles. The van der Waals surface area contributed by atoms with Gasteiger partial charge in [0.25, 0.3) is 5.91 Å². The fraction of sp³-hybridized carbons (Fsp3) is 0.0952. The summed E-state index contributed by atoms with van der Waals surface area (Å²) in [7, 11) is 0. The number of nitrogens with one attached hydrogen (secondary N) is 1. The monoisotopic (exact) mass is 477 g/mol. The minimum absolute atomic E-state index is 0.123. The van der Waals surface area contributed by atoms with Gasteiger partial charge in [-0.1, -0.05) is 29.3 Å². The lowest BCUT2D eigenvalue weighted by molar-refractivity contribution is 0.102. The molecular formula is C21H15Cl2F2N5O2. The number of anilines is 1. The average Bonchev–Trinajstić information content (AvgIpc) is 3.40. The molecule has 4 rings (SSSR count). The molecule has 0 atom stereocenters. The molecule has 0 spiro atoms. The second-order valence-corrected chi connectivity index (χ2v) is 7.53. The standard InChI is InChI=1S/C21H15Cl2F2N5O2/c22-16-3-1-13(7-17(16)23)10-30-11-15(9-26-30)27-21(31)19-5-6-29(28-19)12-32-20-4-2-14(24)8-18(20)25/h1-9,11H,10,12H2,(H,27,31). The molecule has 11 heteroatoms. The summed E-state index contributed by atoms with van der Waals surface area (Å²) in [6, 6.07) is 9.76. The van der Waals surface area contributed by atoms with Crippen LogP contribution in [0.15, 0.2) is 61.1 Å². The average molecular weight is 478 g/mol. The van der Waals surface area contributed by atoms with Crippen molar-refractivity contribution in [3.05, 3.63) is 94.0 Å². The van der Waals surface area contributed by atoms with E-state index < -0.39 is 17.5 Å².